The average Bonchev–Trinajstić information content (AvgIpc) is 2.50. The lowest BCUT2D eigenvalue weighted by atomic mass is 10.1. The van der Waals surface area contributed by atoms with Gasteiger partial charge in [-0.05, 0) is 30.2 Å². The molecule has 1 aromatic carbocycles. The van der Waals surface area contributed by atoms with E-state index in [1.807, 2.05) is 0 Å². The summed E-state index contributed by atoms with van der Waals surface area (Å²) in [5, 5.41) is 15.2. The van der Waals surface area contributed by atoms with Gasteiger partial charge in [0.15, 0.2) is 0 Å². The third-order valence-corrected chi connectivity index (χ3v) is 3.53. The summed E-state index contributed by atoms with van der Waals surface area (Å²) in [5.41, 5.74) is 1.57. The number of nitrogens with one attached hydrogen (secondary N) is 2. The highest BCUT2D eigenvalue weighted by Crippen LogP contribution is 2.29. The van der Waals surface area contributed by atoms with Crippen molar-refractivity contribution in [3.05, 3.63) is 46.1 Å². The van der Waals surface area contributed by atoms with Crippen LogP contribution in [0.2, 0.25) is 10.0 Å². The minimum Gasteiger partial charge on any atom is -0.481 e. The summed E-state index contributed by atoms with van der Waals surface area (Å²) in [6.45, 7) is -0.0980. The number of carbonyl (C=O) groups is 1. The molecular weight excluding hydrogens is 341 g/mol. The van der Waals surface area contributed by atoms with Gasteiger partial charge in [0.05, 0.1) is 7.11 Å². The zero-order valence-electron chi connectivity index (χ0n) is 12.3. The largest absolute Gasteiger partial charge is 0.481 e. The van der Waals surface area contributed by atoms with Gasteiger partial charge in [-0.2, -0.15) is 0 Å². The van der Waals surface area contributed by atoms with Crippen molar-refractivity contribution >= 4 is 40.6 Å². The van der Waals surface area contributed by atoms with E-state index in [-0.39, 0.29) is 6.61 Å². The minimum atomic E-state index is -0.476. The van der Waals surface area contributed by atoms with Gasteiger partial charge in [0.2, 0.25) is 5.88 Å². The van der Waals surface area contributed by atoms with E-state index in [9.17, 15) is 4.79 Å². The van der Waals surface area contributed by atoms with E-state index in [1.54, 1.807) is 24.3 Å². The first-order chi connectivity index (χ1) is 11.0. The maximum Gasteiger partial charge on any atom is 0.323 e. The Balaban J connectivity index is 2.16. The van der Waals surface area contributed by atoms with Crippen LogP contribution >= 0.6 is 23.2 Å². The van der Waals surface area contributed by atoms with E-state index in [0.717, 1.165) is 0 Å². The number of anilines is 2. The summed E-state index contributed by atoms with van der Waals surface area (Å²) < 4.78 is 4.99. The molecule has 3 N–H and O–H groups in total. The number of aliphatic hydroxyl groups is 1. The normalized spacial score (nSPS) is 10.3. The standard InChI is InChI=1S/C15H15Cl2N3O3/c1-23-14-8-10(2-4-18-14)19-15(22)20-13-7-9(16)6-12(17)11(13)3-5-21/h2,4,6-8,21H,3,5H2,1H3,(H2,18,19,20,22). The van der Waals surface area contributed by atoms with Gasteiger partial charge in [0.25, 0.3) is 0 Å². The Morgan fingerprint density at radius 1 is 1.30 bits per heavy atom. The number of methoxy groups -OCH3 is 1. The number of hydrogen-bond acceptors (Lipinski definition) is 4. The molecule has 0 aliphatic heterocycles. The molecule has 2 rings (SSSR count). The van der Waals surface area contributed by atoms with Crippen LogP contribution in [0.25, 0.3) is 0 Å². The molecule has 1 heterocycles. The molecule has 23 heavy (non-hydrogen) atoms. The van der Waals surface area contributed by atoms with E-state index in [1.165, 1.54) is 13.3 Å². The zero-order chi connectivity index (χ0) is 16.8. The molecule has 0 atom stereocenters. The number of benzene rings is 1. The van der Waals surface area contributed by atoms with Crippen molar-refractivity contribution in [1.29, 1.82) is 0 Å². The number of ether oxygens (including phenoxy) is 1. The average molecular weight is 356 g/mol. The Hall–Kier alpha value is -2.02. The first-order valence-electron chi connectivity index (χ1n) is 6.70. The van der Waals surface area contributed by atoms with E-state index >= 15 is 0 Å². The Bertz CT molecular complexity index is 710. The molecule has 0 spiro atoms. The summed E-state index contributed by atoms with van der Waals surface area (Å²) in [6, 6.07) is 5.87. The second kappa shape index (κ2) is 8.01. The Morgan fingerprint density at radius 3 is 2.78 bits per heavy atom. The topological polar surface area (TPSA) is 83.5 Å². The summed E-state index contributed by atoms with van der Waals surface area (Å²) in [7, 11) is 1.49. The van der Waals surface area contributed by atoms with Crippen LogP contribution in [0.15, 0.2) is 30.5 Å². The van der Waals surface area contributed by atoms with Crippen LogP contribution in [-0.4, -0.2) is 29.8 Å². The lowest BCUT2D eigenvalue weighted by Crippen LogP contribution is -2.20. The Labute approximate surface area is 143 Å². The molecule has 0 saturated carbocycles. The number of aromatic nitrogens is 1. The van der Waals surface area contributed by atoms with Crippen LogP contribution in [0.4, 0.5) is 16.2 Å². The van der Waals surface area contributed by atoms with Crippen molar-refractivity contribution < 1.29 is 14.6 Å². The van der Waals surface area contributed by atoms with Crippen molar-refractivity contribution in [3.8, 4) is 5.88 Å². The number of halogens is 2. The first kappa shape index (κ1) is 17.3. The smallest absolute Gasteiger partial charge is 0.323 e. The van der Waals surface area contributed by atoms with Crippen molar-refractivity contribution in [2.45, 2.75) is 6.42 Å². The minimum absolute atomic E-state index is 0.0980. The van der Waals surface area contributed by atoms with Gasteiger partial charge in [-0.3, -0.25) is 0 Å². The van der Waals surface area contributed by atoms with Crippen molar-refractivity contribution in [2.24, 2.45) is 0 Å². The predicted molar refractivity (Wildman–Crippen MR) is 90.7 cm³/mol. The van der Waals surface area contributed by atoms with Gasteiger partial charge in [-0.1, -0.05) is 23.2 Å². The lowest BCUT2D eigenvalue weighted by molar-refractivity contribution is 0.262. The molecule has 2 aromatic rings. The molecular formula is C15H15Cl2N3O3. The molecule has 1 aromatic heterocycles. The summed E-state index contributed by atoms with van der Waals surface area (Å²) in [4.78, 5) is 16.1. The highest BCUT2D eigenvalue weighted by Gasteiger charge is 2.12. The molecule has 0 aliphatic rings. The lowest BCUT2D eigenvalue weighted by Gasteiger charge is -2.14. The number of rotatable bonds is 5. The number of carbonyl (C=O) groups excluding carboxylic acids is 1. The molecule has 0 aliphatic carbocycles. The fourth-order valence-electron chi connectivity index (χ4n) is 1.96. The highest BCUT2D eigenvalue weighted by molar-refractivity contribution is 6.35. The van der Waals surface area contributed by atoms with E-state index in [4.69, 9.17) is 33.0 Å². The van der Waals surface area contributed by atoms with Crippen molar-refractivity contribution in [3.63, 3.8) is 0 Å². The van der Waals surface area contributed by atoms with Crippen LogP contribution < -0.4 is 15.4 Å². The summed E-state index contributed by atoms with van der Waals surface area (Å²) >= 11 is 12.1. The number of urea groups is 1. The van der Waals surface area contributed by atoms with Crippen LogP contribution in [0.1, 0.15) is 5.56 Å². The number of nitrogens with zero attached hydrogens (tertiary/aromatic N) is 1. The molecule has 2 amide bonds. The molecule has 0 radical (unpaired) electrons. The van der Waals surface area contributed by atoms with Gasteiger partial charge < -0.3 is 20.5 Å². The van der Waals surface area contributed by atoms with Crippen molar-refractivity contribution in [1.82, 2.24) is 4.98 Å². The second-order valence-electron chi connectivity index (χ2n) is 4.55. The molecule has 0 unspecified atom stereocenters. The van der Waals surface area contributed by atoms with Gasteiger partial charge in [-0.15, -0.1) is 0 Å². The number of amides is 2. The van der Waals surface area contributed by atoms with Crippen molar-refractivity contribution in [2.75, 3.05) is 24.4 Å². The van der Waals surface area contributed by atoms with Crippen LogP contribution in [0.3, 0.4) is 0 Å². The van der Waals surface area contributed by atoms with Gasteiger partial charge >= 0.3 is 6.03 Å². The molecule has 6 nitrogen and oxygen atoms in total. The Kier molecular flexibility index (Phi) is 6.04. The molecule has 0 fully saturated rings. The number of pyridine rings is 1. The second-order valence-corrected chi connectivity index (χ2v) is 5.40. The van der Waals surface area contributed by atoms with E-state index in [2.05, 4.69) is 15.6 Å². The third-order valence-electron chi connectivity index (χ3n) is 2.97. The SMILES string of the molecule is COc1cc(NC(=O)Nc2cc(Cl)cc(Cl)c2CCO)ccn1. The molecule has 0 bridgehead atoms. The maximum atomic E-state index is 12.1. The zero-order valence-corrected chi connectivity index (χ0v) is 13.8. The van der Waals surface area contributed by atoms with Gasteiger partial charge in [-0.25, -0.2) is 9.78 Å². The van der Waals surface area contributed by atoms with Crippen LogP contribution in [0.5, 0.6) is 5.88 Å². The van der Waals surface area contributed by atoms with Crippen LogP contribution in [0, 0.1) is 0 Å². The highest BCUT2D eigenvalue weighted by atomic mass is 35.5. The Morgan fingerprint density at radius 2 is 2.09 bits per heavy atom. The monoisotopic (exact) mass is 355 g/mol. The predicted octanol–water partition coefficient (Wildman–Crippen LogP) is 3.58. The van der Waals surface area contributed by atoms with Gasteiger partial charge in [0, 0.05) is 40.3 Å². The first-order valence-corrected chi connectivity index (χ1v) is 7.46. The van der Waals surface area contributed by atoms with Gasteiger partial charge in [0.1, 0.15) is 0 Å². The molecule has 122 valence electrons. The molecule has 0 saturated heterocycles. The quantitative estimate of drug-likeness (QED) is 0.765. The van der Waals surface area contributed by atoms with Crippen LogP contribution in [-0.2, 0) is 6.42 Å². The third kappa shape index (κ3) is 4.72. The maximum absolute atomic E-state index is 12.1. The number of hydrogen-bond donors (Lipinski definition) is 3. The number of aliphatic hydroxyl groups excluding tert-OH is 1. The van der Waals surface area contributed by atoms with E-state index < -0.39 is 6.03 Å². The summed E-state index contributed by atoms with van der Waals surface area (Å²) in [6.07, 6.45) is 1.82. The summed E-state index contributed by atoms with van der Waals surface area (Å²) in [5.74, 6) is 0.384. The van der Waals surface area contributed by atoms with E-state index in [0.29, 0.717) is 39.3 Å². The fourth-order valence-corrected chi connectivity index (χ4v) is 2.55. The fraction of sp³-hybridized carbons (Fsp3) is 0.200. The molecule has 8 heteroatoms.